The number of nitrogens with zero attached hydrogens (tertiary/aromatic N) is 2. The van der Waals surface area contributed by atoms with Crippen molar-refractivity contribution in [3.8, 4) is 0 Å². The Balaban J connectivity index is 2.07. The molecule has 0 saturated carbocycles. The van der Waals surface area contributed by atoms with Crippen molar-refractivity contribution in [2.45, 2.75) is 25.3 Å². The molecule has 106 valence electrons. The van der Waals surface area contributed by atoms with Crippen LogP contribution in [0.25, 0.3) is 11.0 Å². The Morgan fingerprint density at radius 2 is 2.30 bits per heavy atom. The fraction of sp³-hybridized carbons (Fsp3) is 0.429. The lowest BCUT2D eigenvalue weighted by Gasteiger charge is -2.26. The summed E-state index contributed by atoms with van der Waals surface area (Å²) < 4.78 is 2.18. The number of nitrogens with one attached hydrogen (secondary N) is 1. The van der Waals surface area contributed by atoms with Gasteiger partial charge in [0.05, 0.1) is 17.1 Å². The van der Waals surface area contributed by atoms with Crippen LogP contribution in [0.1, 0.15) is 24.7 Å². The minimum atomic E-state index is 0.114. The summed E-state index contributed by atoms with van der Waals surface area (Å²) in [5.41, 5.74) is 1.94. The maximum atomic E-state index is 11.3. The molecule has 3 rings (SSSR count). The van der Waals surface area contributed by atoms with E-state index in [4.69, 9.17) is 23.2 Å². The van der Waals surface area contributed by atoms with E-state index in [1.165, 1.54) is 0 Å². The van der Waals surface area contributed by atoms with Gasteiger partial charge in [0.2, 0.25) is 5.91 Å². The lowest BCUT2D eigenvalue weighted by Crippen LogP contribution is -2.36. The molecule has 6 heteroatoms. The summed E-state index contributed by atoms with van der Waals surface area (Å²) >= 11 is 12.0. The number of halogens is 2. The third kappa shape index (κ3) is 2.50. The number of piperidine rings is 1. The standard InChI is InChI=1S/C14H15Cl2N3O/c15-6-5-13-18-11-3-1-9(16)7-12(11)19(13)10-2-4-14(20)17-8-10/h1,3,7,10H,2,4-6,8H2,(H,17,20). The zero-order valence-electron chi connectivity index (χ0n) is 10.9. The van der Waals surface area contributed by atoms with Crippen molar-refractivity contribution in [1.29, 1.82) is 0 Å². The molecule has 1 unspecified atom stereocenters. The quantitative estimate of drug-likeness (QED) is 0.886. The summed E-state index contributed by atoms with van der Waals surface area (Å²) in [5, 5.41) is 3.61. The van der Waals surface area contributed by atoms with Gasteiger partial charge in [-0.05, 0) is 24.6 Å². The number of alkyl halides is 1. The van der Waals surface area contributed by atoms with Gasteiger partial charge in [-0.2, -0.15) is 0 Å². The molecule has 1 aliphatic rings. The summed E-state index contributed by atoms with van der Waals surface area (Å²) in [7, 11) is 0. The topological polar surface area (TPSA) is 46.9 Å². The highest BCUT2D eigenvalue weighted by atomic mass is 35.5. The fourth-order valence-corrected chi connectivity index (χ4v) is 3.06. The molecule has 1 aromatic heterocycles. The van der Waals surface area contributed by atoms with Gasteiger partial charge in [-0.25, -0.2) is 4.98 Å². The number of aryl methyl sites for hydroxylation is 1. The van der Waals surface area contributed by atoms with Gasteiger partial charge in [-0.15, -0.1) is 11.6 Å². The van der Waals surface area contributed by atoms with Crippen LogP contribution in [0.3, 0.4) is 0 Å². The predicted molar refractivity (Wildman–Crippen MR) is 80.4 cm³/mol. The highest BCUT2D eigenvalue weighted by Crippen LogP contribution is 2.28. The number of carbonyl (C=O) groups is 1. The number of carbonyl (C=O) groups excluding carboxylic acids is 1. The Morgan fingerprint density at radius 1 is 1.45 bits per heavy atom. The van der Waals surface area contributed by atoms with Gasteiger partial charge in [0.1, 0.15) is 5.82 Å². The maximum Gasteiger partial charge on any atom is 0.220 e. The number of imidazole rings is 1. The third-order valence-corrected chi connectivity index (χ3v) is 4.07. The van der Waals surface area contributed by atoms with E-state index in [9.17, 15) is 4.79 Å². The van der Waals surface area contributed by atoms with Crippen LogP contribution in [0.5, 0.6) is 0 Å². The molecular weight excluding hydrogens is 297 g/mol. The van der Waals surface area contributed by atoms with E-state index < -0.39 is 0 Å². The molecule has 0 spiro atoms. The van der Waals surface area contributed by atoms with Gasteiger partial charge >= 0.3 is 0 Å². The van der Waals surface area contributed by atoms with E-state index in [0.29, 0.717) is 30.3 Å². The molecule has 1 N–H and O–H groups in total. The van der Waals surface area contributed by atoms with E-state index in [1.807, 2.05) is 18.2 Å². The molecule has 0 bridgehead atoms. The van der Waals surface area contributed by atoms with E-state index in [0.717, 1.165) is 23.3 Å². The second kappa shape index (κ2) is 5.62. The van der Waals surface area contributed by atoms with Gasteiger partial charge in [0.15, 0.2) is 0 Å². The van der Waals surface area contributed by atoms with Crippen molar-refractivity contribution < 1.29 is 4.79 Å². The second-order valence-electron chi connectivity index (χ2n) is 4.97. The van der Waals surface area contributed by atoms with Crippen molar-refractivity contribution in [3.05, 3.63) is 29.0 Å². The third-order valence-electron chi connectivity index (χ3n) is 3.65. The number of amides is 1. The molecule has 1 aromatic carbocycles. The number of hydrogen-bond acceptors (Lipinski definition) is 2. The number of aromatic nitrogens is 2. The van der Waals surface area contributed by atoms with Crippen LogP contribution in [0.2, 0.25) is 5.02 Å². The molecule has 2 heterocycles. The zero-order chi connectivity index (χ0) is 14.1. The lowest BCUT2D eigenvalue weighted by molar-refractivity contribution is -0.122. The van der Waals surface area contributed by atoms with Crippen molar-refractivity contribution in [2.75, 3.05) is 12.4 Å². The smallest absolute Gasteiger partial charge is 0.220 e. The largest absolute Gasteiger partial charge is 0.354 e. The average molecular weight is 312 g/mol. The van der Waals surface area contributed by atoms with Gasteiger partial charge in [-0.1, -0.05) is 11.6 Å². The van der Waals surface area contributed by atoms with E-state index in [-0.39, 0.29) is 11.9 Å². The summed E-state index contributed by atoms with van der Waals surface area (Å²) in [6.07, 6.45) is 2.07. The molecule has 1 amide bonds. The minimum Gasteiger partial charge on any atom is -0.354 e. The second-order valence-corrected chi connectivity index (χ2v) is 5.78. The molecule has 2 aromatic rings. The van der Waals surface area contributed by atoms with Crippen LogP contribution in [-0.2, 0) is 11.2 Å². The van der Waals surface area contributed by atoms with Gasteiger partial charge in [-0.3, -0.25) is 4.79 Å². The van der Waals surface area contributed by atoms with Crippen molar-refractivity contribution in [2.24, 2.45) is 0 Å². The molecule has 1 fully saturated rings. The Morgan fingerprint density at radius 3 is 3.00 bits per heavy atom. The van der Waals surface area contributed by atoms with Crippen LogP contribution in [0.4, 0.5) is 0 Å². The lowest BCUT2D eigenvalue weighted by atomic mass is 10.1. The Hall–Kier alpha value is -1.26. The summed E-state index contributed by atoms with van der Waals surface area (Å²) in [6.45, 7) is 0.631. The number of rotatable bonds is 3. The predicted octanol–water partition coefficient (Wildman–Crippen LogP) is 2.92. The molecule has 1 atom stereocenters. The van der Waals surface area contributed by atoms with Crippen molar-refractivity contribution in [1.82, 2.24) is 14.9 Å². The van der Waals surface area contributed by atoms with E-state index >= 15 is 0 Å². The van der Waals surface area contributed by atoms with Crippen LogP contribution in [-0.4, -0.2) is 27.9 Å². The van der Waals surface area contributed by atoms with Gasteiger partial charge in [0.25, 0.3) is 0 Å². The highest BCUT2D eigenvalue weighted by Gasteiger charge is 2.23. The molecule has 20 heavy (non-hydrogen) atoms. The Kier molecular flexibility index (Phi) is 3.85. The van der Waals surface area contributed by atoms with Crippen molar-refractivity contribution in [3.63, 3.8) is 0 Å². The van der Waals surface area contributed by atoms with Crippen LogP contribution in [0.15, 0.2) is 18.2 Å². The molecule has 0 aliphatic carbocycles. The maximum absolute atomic E-state index is 11.3. The van der Waals surface area contributed by atoms with Crippen molar-refractivity contribution >= 4 is 40.1 Å². The van der Waals surface area contributed by atoms with Crippen LogP contribution < -0.4 is 5.32 Å². The van der Waals surface area contributed by atoms with Crippen LogP contribution in [0, 0.1) is 0 Å². The monoisotopic (exact) mass is 311 g/mol. The number of hydrogen-bond donors (Lipinski definition) is 1. The summed E-state index contributed by atoms with van der Waals surface area (Å²) in [4.78, 5) is 16.0. The normalized spacial score (nSPS) is 19.3. The first-order chi connectivity index (χ1) is 9.69. The minimum absolute atomic E-state index is 0.114. The Bertz CT molecular complexity index is 643. The van der Waals surface area contributed by atoms with E-state index in [1.54, 1.807) is 0 Å². The summed E-state index contributed by atoms with van der Waals surface area (Å²) in [6, 6.07) is 5.91. The number of fused-ring (bicyclic) bond motifs is 1. The Labute approximate surface area is 127 Å². The van der Waals surface area contributed by atoms with Crippen LogP contribution >= 0.6 is 23.2 Å². The SMILES string of the molecule is O=C1CCC(n2c(CCCl)nc3ccc(Cl)cc32)CN1. The zero-order valence-corrected chi connectivity index (χ0v) is 12.4. The first-order valence-electron chi connectivity index (χ1n) is 6.68. The molecule has 1 saturated heterocycles. The molecule has 1 aliphatic heterocycles. The van der Waals surface area contributed by atoms with Gasteiger partial charge < -0.3 is 9.88 Å². The highest BCUT2D eigenvalue weighted by molar-refractivity contribution is 6.31. The molecule has 4 nitrogen and oxygen atoms in total. The van der Waals surface area contributed by atoms with Gasteiger partial charge in [0, 0.05) is 30.3 Å². The fourth-order valence-electron chi connectivity index (χ4n) is 2.72. The first-order valence-corrected chi connectivity index (χ1v) is 7.59. The first kappa shape index (κ1) is 13.7. The average Bonchev–Trinajstić information content (AvgIpc) is 2.78. The number of benzene rings is 1. The summed E-state index contributed by atoms with van der Waals surface area (Å²) in [5.74, 6) is 1.59. The molecular formula is C14H15Cl2N3O. The van der Waals surface area contributed by atoms with E-state index in [2.05, 4.69) is 14.9 Å². The molecule has 0 radical (unpaired) electrons.